The molecule has 0 fully saturated rings. The highest BCUT2D eigenvalue weighted by Crippen LogP contribution is 2.35. The van der Waals surface area contributed by atoms with Crippen molar-refractivity contribution in [2.75, 3.05) is 18.4 Å². The topological polar surface area (TPSA) is 37.3 Å². The summed E-state index contributed by atoms with van der Waals surface area (Å²) in [7, 11) is 0. The Labute approximate surface area is 181 Å². The molecular weight excluding hydrogens is 405 g/mol. The lowest BCUT2D eigenvalue weighted by Crippen LogP contribution is -2.42. The van der Waals surface area contributed by atoms with Gasteiger partial charge in [-0.3, -0.25) is 9.69 Å². The minimum Gasteiger partial charge on any atom is -0.348 e. The molecule has 1 N–H and O–H groups in total. The van der Waals surface area contributed by atoms with E-state index in [2.05, 4.69) is 34.0 Å². The first kappa shape index (κ1) is 20.0. The molecule has 1 atom stereocenters. The number of fused-ring (bicyclic) bond motifs is 1. The predicted octanol–water partition coefficient (Wildman–Crippen LogP) is 5.46. The van der Waals surface area contributed by atoms with Gasteiger partial charge in [-0.1, -0.05) is 35.3 Å². The number of carbonyl (C=O) groups excluding carboxylic acids is 1. The third-order valence-corrected chi connectivity index (χ3v) is 6.27. The van der Waals surface area contributed by atoms with Crippen LogP contribution in [0.3, 0.4) is 0 Å². The quantitative estimate of drug-likeness (QED) is 0.600. The molecule has 0 saturated carbocycles. The van der Waals surface area contributed by atoms with Crippen LogP contribution in [0.5, 0.6) is 0 Å². The molecule has 1 amide bonds. The Morgan fingerprint density at radius 2 is 1.86 bits per heavy atom. The van der Waals surface area contributed by atoms with Gasteiger partial charge in [0.05, 0.1) is 22.6 Å². The van der Waals surface area contributed by atoms with E-state index in [4.69, 9.17) is 23.2 Å². The molecule has 0 saturated heterocycles. The van der Waals surface area contributed by atoms with Gasteiger partial charge in [0.25, 0.3) is 0 Å². The van der Waals surface area contributed by atoms with Crippen molar-refractivity contribution < 1.29 is 4.79 Å². The fourth-order valence-corrected chi connectivity index (χ4v) is 4.18. The lowest BCUT2D eigenvalue weighted by atomic mass is 10.00. The fraction of sp³-hybridized carbons (Fsp3) is 0.261. The van der Waals surface area contributed by atoms with E-state index in [1.807, 2.05) is 49.4 Å². The van der Waals surface area contributed by atoms with Gasteiger partial charge in [0.15, 0.2) is 0 Å². The van der Waals surface area contributed by atoms with Gasteiger partial charge in [-0.25, -0.2) is 0 Å². The normalized spacial score (nSPS) is 16.5. The molecule has 0 bridgehead atoms. The zero-order valence-electron chi connectivity index (χ0n) is 16.5. The zero-order valence-corrected chi connectivity index (χ0v) is 18.0. The number of nitrogens with zero attached hydrogens (tertiary/aromatic N) is 2. The second kappa shape index (κ2) is 8.23. The number of anilines is 1. The van der Waals surface area contributed by atoms with Crippen molar-refractivity contribution in [2.24, 2.45) is 0 Å². The molecule has 2 aromatic carbocycles. The zero-order chi connectivity index (χ0) is 20.5. The first-order valence-electron chi connectivity index (χ1n) is 9.63. The summed E-state index contributed by atoms with van der Waals surface area (Å²) in [6.45, 7) is 6.02. The van der Waals surface area contributed by atoms with Gasteiger partial charge in [0.2, 0.25) is 5.91 Å². The average molecular weight is 428 g/mol. The van der Waals surface area contributed by atoms with Gasteiger partial charge in [0.1, 0.15) is 0 Å². The predicted molar refractivity (Wildman–Crippen MR) is 119 cm³/mol. The van der Waals surface area contributed by atoms with Crippen molar-refractivity contribution in [1.82, 2.24) is 9.47 Å². The van der Waals surface area contributed by atoms with E-state index in [1.165, 1.54) is 5.56 Å². The van der Waals surface area contributed by atoms with Gasteiger partial charge < -0.3 is 9.88 Å². The Hall–Kier alpha value is -2.27. The van der Waals surface area contributed by atoms with Crippen LogP contribution in [0.4, 0.5) is 5.69 Å². The molecule has 0 radical (unpaired) electrons. The van der Waals surface area contributed by atoms with E-state index < -0.39 is 0 Å². The standard InChI is InChI=1S/C23H23Cl2N3O/c1-15-5-7-18(12-16(15)2)26-22(29)14-28-11-10-27-9-3-4-21(27)23(28)17-6-8-19(24)20(25)13-17/h3-9,12-13,23H,10-11,14H2,1-2H3,(H,26,29). The highest BCUT2D eigenvalue weighted by molar-refractivity contribution is 6.42. The first-order chi connectivity index (χ1) is 13.9. The van der Waals surface area contributed by atoms with E-state index in [-0.39, 0.29) is 11.9 Å². The molecular formula is C23H23Cl2N3O. The minimum absolute atomic E-state index is 0.0293. The third-order valence-electron chi connectivity index (χ3n) is 5.53. The van der Waals surface area contributed by atoms with E-state index in [0.29, 0.717) is 16.6 Å². The van der Waals surface area contributed by atoms with Crippen molar-refractivity contribution >= 4 is 34.8 Å². The number of hydrogen-bond acceptors (Lipinski definition) is 2. The Morgan fingerprint density at radius 1 is 1.03 bits per heavy atom. The summed E-state index contributed by atoms with van der Waals surface area (Å²) in [4.78, 5) is 15.0. The van der Waals surface area contributed by atoms with Crippen LogP contribution in [0.2, 0.25) is 10.0 Å². The lowest BCUT2D eigenvalue weighted by molar-refractivity contribution is -0.117. The number of hydrogen-bond donors (Lipinski definition) is 1. The van der Waals surface area contributed by atoms with Gasteiger partial charge in [-0.2, -0.15) is 0 Å². The Bertz CT molecular complexity index is 1060. The highest BCUT2D eigenvalue weighted by atomic mass is 35.5. The molecule has 1 aromatic heterocycles. The molecule has 150 valence electrons. The van der Waals surface area contributed by atoms with Crippen LogP contribution in [-0.2, 0) is 11.3 Å². The van der Waals surface area contributed by atoms with E-state index >= 15 is 0 Å². The van der Waals surface area contributed by atoms with Gasteiger partial charge >= 0.3 is 0 Å². The van der Waals surface area contributed by atoms with Crippen molar-refractivity contribution in [2.45, 2.75) is 26.4 Å². The molecule has 1 aliphatic rings. The first-order valence-corrected chi connectivity index (χ1v) is 10.4. The van der Waals surface area contributed by atoms with Crippen molar-refractivity contribution in [1.29, 1.82) is 0 Å². The van der Waals surface area contributed by atoms with E-state index in [9.17, 15) is 4.79 Å². The average Bonchev–Trinajstić information content (AvgIpc) is 3.15. The molecule has 2 heterocycles. The summed E-state index contributed by atoms with van der Waals surface area (Å²) < 4.78 is 2.23. The molecule has 1 unspecified atom stereocenters. The maximum absolute atomic E-state index is 12.8. The SMILES string of the molecule is Cc1ccc(NC(=O)CN2CCn3cccc3C2c2ccc(Cl)c(Cl)c2)cc1C. The van der Waals surface area contributed by atoms with Crippen LogP contribution in [0.25, 0.3) is 0 Å². The Kier molecular flexibility index (Phi) is 5.68. The fourth-order valence-electron chi connectivity index (χ4n) is 3.87. The smallest absolute Gasteiger partial charge is 0.238 e. The number of amides is 1. The number of carbonyl (C=O) groups is 1. The maximum Gasteiger partial charge on any atom is 0.238 e. The number of aryl methyl sites for hydroxylation is 2. The minimum atomic E-state index is -0.0565. The largest absolute Gasteiger partial charge is 0.348 e. The van der Waals surface area contributed by atoms with E-state index in [1.54, 1.807) is 0 Å². The van der Waals surface area contributed by atoms with Crippen molar-refractivity contribution in [3.63, 3.8) is 0 Å². The van der Waals surface area contributed by atoms with Crippen LogP contribution in [-0.4, -0.2) is 28.5 Å². The second-order valence-corrected chi connectivity index (χ2v) is 8.33. The summed E-state index contributed by atoms with van der Waals surface area (Å²) in [5, 5.41) is 4.08. The molecule has 29 heavy (non-hydrogen) atoms. The molecule has 1 aliphatic heterocycles. The molecule has 3 aromatic rings. The number of benzene rings is 2. The summed E-state index contributed by atoms with van der Waals surface area (Å²) in [5.74, 6) is -0.0293. The third kappa shape index (κ3) is 4.20. The van der Waals surface area contributed by atoms with Crippen LogP contribution < -0.4 is 5.32 Å². The molecule has 0 spiro atoms. The van der Waals surface area contributed by atoms with Crippen molar-refractivity contribution in [3.05, 3.63) is 87.2 Å². The monoisotopic (exact) mass is 427 g/mol. The second-order valence-electron chi connectivity index (χ2n) is 7.52. The Morgan fingerprint density at radius 3 is 2.62 bits per heavy atom. The van der Waals surface area contributed by atoms with E-state index in [0.717, 1.165) is 35.6 Å². The molecule has 6 heteroatoms. The molecule has 4 rings (SSSR count). The Balaban J connectivity index is 1.58. The summed E-state index contributed by atoms with van der Waals surface area (Å²) in [5.41, 5.74) is 5.36. The summed E-state index contributed by atoms with van der Waals surface area (Å²) >= 11 is 12.4. The van der Waals surface area contributed by atoms with Crippen LogP contribution in [0.1, 0.15) is 28.4 Å². The van der Waals surface area contributed by atoms with Crippen LogP contribution in [0.15, 0.2) is 54.7 Å². The van der Waals surface area contributed by atoms with Crippen LogP contribution >= 0.6 is 23.2 Å². The maximum atomic E-state index is 12.8. The van der Waals surface area contributed by atoms with Crippen LogP contribution in [0, 0.1) is 13.8 Å². The summed E-state index contributed by atoms with van der Waals surface area (Å²) in [6, 6.07) is 15.7. The molecule has 4 nitrogen and oxygen atoms in total. The van der Waals surface area contributed by atoms with Gasteiger partial charge in [0, 0.05) is 30.7 Å². The number of nitrogens with one attached hydrogen (secondary N) is 1. The highest BCUT2D eigenvalue weighted by Gasteiger charge is 2.30. The number of aromatic nitrogens is 1. The summed E-state index contributed by atoms with van der Waals surface area (Å²) in [6.07, 6.45) is 2.08. The van der Waals surface area contributed by atoms with Gasteiger partial charge in [-0.05, 0) is 66.9 Å². The number of halogens is 2. The number of rotatable bonds is 4. The lowest BCUT2D eigenvalue weighted by Gasteiger charge is -2.37. The van der Waals surface area contributed by atoms with Crippen molar-refractivity contribution in [3.8, 4) is 0 Å². The van der Waals surface area contributed by atoms with Gasteiger partial charge in [-0.15, -0.1) is 0 Å². The molecule has 0 aliphatic carbocycles.